The number of anilines is 1. The molecule has 2 atom stereocenters. The molecule has 2 bridgehead atoms. The van der Waals surface area contributed by atoms with Gasteiger partial charge in [0.2, 0.25) is 0 Å². The molecule has 0 spiro atoms. The highest BCUT2D eigenvalue weighted by atomic mass is 19.1. The zero-order valence-corrected chi connectivity index (χ0v) is 16.3. The zero-order chi connectivity index (χ0) is 19.5. The number of halogens is 1. The number of carbonyl (C=O) groups is 1. The lowest BCUT2D eigenvalue weighted by Crippen LogP contribution is -2.56. The monoisotopic (exact) mass is 381 g/mol. The summed E-state index contributed by atoms with van der Waals surface area (Å²) >= 11 is 0. The van der Waals surface area contributed by atoms with Crippen molar-refractivity contribution in [2.24, 2.45) is 0 Å². The molecule has 2 aliphatic heterocycles. The van der Waals surface area contributed by atoms with E-state index < -0.39 is 0 Å². The van der Waals surface area contributed by atoms with Gasteiger partial charge < -0.3 is 10.6 Å². The van der Waals surface area contributed by atoms with Gasteiger partial charge in [-0.15, -0.1) is 0 Å². The highest BCUT2D eigenvalue weighted by molar-refractivity contribution is 5.89. The largest absolute Gasteiger partial charge is 0.335 e. The van der Waals surface area contributed by atoms with Crippen molar-refractivity contribution in [3.63, 3.8) is 0 Å². The predicted octanol–water partition coefficient (Wildman–Crippen LogP) is 4.84. The highest BCUT2D eigenvalue weighted by Gasteiger charge is 2.38. The van der Waals surface area contributed by atoms with Gasteiger partial charge >= 0.3 is 6.03 Å². The summed E-state index contributed by atoms with van der Waals surface area (Å²) in [6, 6.07) is 15.7. The number of nitrogens with one attached hydrogen (secondary N) is 2. The normalized spacial score (nSPS) is 24.6. The minimum absolute atomic E-state index is 0.185. The third-order valence-electron chi connectivity index (χ3n) is 6.05. The molecule has 2 saturated heterocycles. The number of benzene rings is 2. The summed E-state index contributed by atoms with van der Waals surface area (Å²) in [5.41, 5.74) is 3.26. The van der Waals surface area contributed by atoms with Crippen molar-refractivity contribution in [2.75, 3.05) is 5.32 Å². The van der Waals surface area contributed by atoms with E-state index in [2.05, 4.69) is 46.7 Å². The van der Waals surface area contributed by atoms with E-state index in [0.717, 1.165) is 19.4 Å². The summed E-state index contributed by atoms with van der Waals surface area (Å²) in [7, 11) is 0. The molecule has 0 radical (unpaired) electrons. The van der Waals surface area contributed by atoms with Crippen LogP contribution >= 0.6 is 0 Å². The Kier molecular flexibility index (Phi) is 5.62. The molecule has 2 heterocycles. The van der Waals surface area contributed by atoms with Crippen molar-refractivity contribution in [1.82, 2.24) is 10.2 Å². The fourth-order valence-electron chi connectivity index (χ4n) is 4.64. The van der Waals surface area contributed by atoms with Gasteiger partial charge in [0.05, 0.1) is 0 Å². The first-order valence-corrected chi connectivity index (χ1v) is 10.2. The number of urea groups is 1. The minimum atomic E-state index is -0.306. The fourth-order valence-corrected chi connectivity index (χ4v) is 4.64. The quantitative estimate of drug-likeness (QED) is 0.796. The number of rotatable bonds is 4. The van der Waals surface area contributed by atoms with Crippen molar-refractivity contribution < 1.29 is 9.18 Å². The number of hydrogen-bond acceptors (Lipinski definition) is 2. The maximum absolute atomic E-state index is 13.0. The van der Waals surface area contributed by atoms with Gasteiger partial charge in [-0.3, -0.25) is 4.90 Å². The Morgan fingerprint density at radius 2 is 1.68 bits per heavy atom. The molecule has 2 aliphatic rings. The van der Waals surface area contributed by atoms with Crippen molar-refractivity contribution in [1.29, 1.82) is 0 Å². The molecule has 0 unspecified atom stereocenters. The number of amides is 2. The molecule has 2 aromatic carbocycles. The summed E-state index contributed by atoms with van der Waals surface area (Å²) in [5, 5.41) is 5.94. The Bertz CT molecular complexity index is 792. The van der Waals surface area contributed by atoms with Crippen LogP contribution in [0.1, 0.15) is 43.2 Å². The lowest BCUT2D eigenvalue weighted by molar-refractivity contribution is 0.0200. The first-order chi connectivity index (χ1) is 13.6. The SMILES string of the molecule is Cc1ccc(CN2[C@@H]3CCC[C@@H]2CC(NC(=O)Nc2ccc(F)cc2)C3)cc1. The van der Waals surface area contributed by atoms with Gasteiger partial charge in [0.15, 0.2) is 0 Å². The maximum Gasteiger partial charge on any atom is 0.319 e. The van der Waals surface area contributed by atoms with Gasteiger partial charge in [0.25, 0.3) is 0 Å². The molecule has 2 aromatic rings. The Morgan fingerprint density at radius 1 is 1.04 bits per heavy atom. The number of nitrogens with zero attached hydrogens (tertiary/aromatic N) is 1. The summed E-state index contributed by atoms with van der Waals surface area (Å²) < 4.78 is 13.0. The molecule has 0 saturated carbocycles. The molecule has 5 heteroatoms. The Morgan fingerprint density at radius 3 is 2.32 bits per heavy atom. The average molecular weight is 381 g/mol. The average Bonchev–Trinajstić information content (AvgIpc) is 2.66. The van der Waals surface area contributed by atoms with Crippen LogP contribution in [0.15, 0.2) is 48.5 Å². The third kappa shape index (κ3) is 4.53. The molecule has 0 aromatic heterocycles. The van der Waals surface area contributed by atoms with Crippen LogP contribution in [0.5, 0.6) is 0 Å². The molecule has 148 valence electrons. The molecule has 2 amide bonds. The van der Waals surface area contributed by atoms with Gasteiger partial charge in [-0.25, -0.2) is 9.18 Å². The van der Waals surface area contributed by atoms with Crippen molar-refractivity contribution >= 4 is 11.7 Å². The van der Waals surface area contributed by atoms with E-state index >= 15 is 0 Å². The second-order valence-corrected chi connectivity index (χ2v) is 8.17. The smallest absolute Gasteiger partial charge is 0.319 e. The first kappa shape index (κ1) is 18.9. The van der Waals surface area contributed by atoms with E-state index in [-0.39, 0.29) is 17.9 Å². The molecule has 0 aliphatic carbocycles. The van der Waals surface area contributed by atoms with Crippen LogP contribution in [0, 0.1) is 12.7 Å². The van der Waals surface area contributed by atoms with Crippen LogP contribution in [-0.4, -0.2) is 29.1 Å². The molecule has 2 fully saturated rings. The molecular formula is C23H28FN3O. The first-order valence-electron chi connectivity index (χ1n) is 10.2. The van der Waals surface area contributed by atoms with E-state index in [0.29, 0.717) is 17.8 Å². The van der Waals surface area contributed by atoms with Crippen LogP contribution in [0.25, 0.3) is 0 Å². The van der Waals surface area contributed by atoms with E-state index in [4.69, 9.17) is 0 Å². The van der Waals surface area contributed by atoms with E-state index in [1.807, 2.05) is 0 Å². The Balaban J connectivity index is 1.35. The summed E-state index contributed by atoms with van der Waals surface area (Å²) in [4.78, 5) is 15.0. The lowest BCUT2D eigenvalue weighted by Gasteiger charge is -2.49. The number of piperidine rings is 2. The molecule has 28 heavy (non-hydrogen) atoms. The van der Waals surface area contributed by atoms with E-state index in [1.165, 1.54) is 42.5 Å². The van der Waals surface area contributed by atoms with E-state index in [1.54, 1.807) is 12.1 Å². The van der Waals surface area contributed by atoms with Crippen LogP contribution in [0.2, 0.25) is 0 Å². The van der Waals surface area contributed by atoms with Gasteiger partial charge in [0, 0.05) is 30.4 Å². The van der Waals surface area contributed by atoms with Crippen molar-refractivity contribution in [3.05, 3.63) is 65.5 Å². The second-order valence-electron chi connectivity index (χ2n) is 8.17. The van der Waals surface area contributed by atoms with Crippen LogP contribution < -0.4 is 10.6 Å². The number of aryl methyl sites for hydroxylation is 1. The van der Waals surface area contributed by atoms with Crippen molar-refractivity contribution in [3.8, 4) is 0 Å². The van der Waals surface area contributed by atoms with Gasteiger partial charge in [0.1, 0.15) is 5.82 Å². The minimum Gasteiger partial charge on any atom is -0.335 e. The van der Waals surface area contributed by atoms with Gasteiger partial charge in [-0.1, -0.05) is 36.2 Å². The number of fused-ring (bicyclic) bond motifs is 2. The molecular weight excluding hydrogens is 353 g/mol. The lowest BCUT2D eigenvalue weighted by atomic mass is 9.81. The fraction of sp³-hybridized carbons (Fsp3) is 0.435. The number of hydrogen-bond donors (Lipinski definition) is 2. The number of carbonyl (C=O) groups excluding carboxylic acids is 1. The van der Waals surface area contributed by atoms with Gasteiger partial charge in [-0.2, -0.15) is 0 Å². The zero-order valence-electron chi connectivity index (χ0n) is 16.3. The Hall–Kier alpha value is -2.40. The van der Waals surface area contributed by atoms with Crippen LogP contribution in [-0.2, 0) is 6.54 Å². The maximum atomic E-state index is 13.0. The van der Waals surface area contributed by atoms with E-state index in [9.17, 15) is 9.18 Å². The standard InChI is InChI=1S/C23H28FN3O/c1-16-5-7-17(8-6-16)15-27-21-3-2-4-22(27)14-20(13-21)26-23(28)25-19-11-9-18(24)10-12-19/h5-12,20-22H,2-4,13-15H2,1H3,(H2,25,26,28)/t21-,22-/m1/s1. The summed E-state index contributed by atoms with van der Waals surface area (Å²) in [6.07, 6.45) is 5.63. The highest BCUT2D eigenvalue weighted by Crippen LogP contribution is 2.35. The predicted molar refractivity (Wildman–Crippen MR) is 110 cm³/mol. The van der Waals surface area contributed by atoms with Crippen molar-refractivity contribution in [2.45, 2.75) is 63.7 Å². The second kappa shape index (κ2) is 8.31. The van der Waals surface area contributed by atoms with Gasteiger partial charge in [-0.05, 0) is 62.4 Å². The Labute approximate surface area is 166 Å². The summed E-state index contributed by atoms with van der Waals surface area (Å²) in [6.45, 7) is 3.11. The molecule has 4 nitrogen and oxygen atoms in total. The van der Waals surface area contributed by atoms with Crippen LogP contribution in [0.3, 0.4) is 0 Å². The molecule has 4 rings (SSSR count). The van der Waals surface area contributed by atoms with Crippen LogP contribution in [0.4, 0.5) is 14.9 Å². The summed E-state index contributed by atoms with van der Waals surface area (Å²) in [5.74, 6) is -0.306. The third-order valence-corrected chi connectivity index (χ3v) is 6.05. The molecule has 2 N–H and O–H groups in total. The topological polar surface area (TPSA) is 44.4 Å².